The van der Waals surface area contributed by atoms with Crippen LogP contribution in [-0.4, -0.2) is 9.55 Å². The molecule has 96 valence electrons. The molecule has 0 aliphatic carbocycles. The first-order chi connectivity index (χ1) is 9.15. The Morgan fingerprint density at radius 2 is 2.21 bits per heavy atom. The van der Waals surface area contributed by atoms with E-state index in [1.54, 1.807) is 42.0 Å². The van der Waals surface area contributed by atoms with Gasteiger partial charge >= 0.3 is 0 Å². The number of aromatic nitrogens is 2. The average Bonchev–Trinajstić information content (AvgIpc) is 2.87. The molecule has 0 aliphatic heterocycles. The van der Waals surface area contributed by atoms with Crippen LogP contribution in [0.25, 0.3) is 10.9 Å². The van der Waals surface area contributed by atoms with Crippen molar-refractivity contribution in [2.24, 2.45) is 0 Å². The van der Waals surface area contributed by atoms with Gasteiger partial charge in [0.2, 0.25) is 0 Å². The molecule has 0 fully saturated rings. The highest BCUT2D eigenvalue weighted by Crippen LogP contribution is 2.15. The van der Waals surface area contributed by atoms with Crippen LogP contribution in [0.15, 0.2) is 45.8 Å². The number of fused-ring (bicyclic) bond motifs is 1. The molecule has 0 amide bonds. The highest BCUT2D eigenvalue weighted by atomic mass is 35.5. The van der Waals surface area contributed by atoms with E-state index in [1.807, 2.05) is 6.07 Å². The molecular weight excluding hydrogens is 264 g/mol. The van der Waals surface area contributed by atoms with E-state index in [2.05, 4.69) is 4.98 Å². The van der Waals surface area contributed by atoms with Crippen LogP contribution in [-0.2, 0) is 6.54 Å². The van der Waals surface area contributed by atoms with E-state index in [1.165, 1.54) is 0 Å². The minimum Gasteiger partial charge on any atom is -0.467 e. The Kier molecular flexibility index (Phi) is 2.87. The zero-order valence-corrected chi connectivity index (χ0v) is 11.0. The Morgan fingerprint density at radius 1 is 1.37 bits per heavy atom. The summed E-state index contributed by atoms with van der Waals surface area (Å²) in [5.41, 5.74) is 0.529. The van der Waals surface area contributed by atoms with Gasteiger partial charge in [0.05, 0.1) is 23.7 Å². The first-order valence-electron chi connectivity index (χ1n) is 5.84. The molecule has 0 atom stereocenters. The second-order valence-electron chi connectivity index (χ2n) is 4.29. The number of aryl methyl sites for hydroxylation is 1. The molecule has 5 heteroatoms. The standard InChI is InChI=1S/C14H11ClN2O2/c1-9-16-13-7-10(15)4-5-12(13)14(18)17(9)8-11-3-2-6-19-11/h2-7H,8H2,1H3. The molecule has 3 aromatic rings. The van der Waals surface area contributed by atoms with Gasteiger partial charge in [-0.25, -0.2) is 4.98 Å². The molecule has 0 spiro atoms. The number of hydrogen-bond acceptors (Lipinski definition) is 3. The molecule has 0 bridgehead atoms. The van der Waals surface area contributed by atoms with Gasteiger partial charge in [0.15, 0.2) is 0 Å². The van der Waals surface area contributed by atoms with Crippen LogP contribution in [0, 0.1) is 6.92 Å². The van der Waals surface area contributed by atoms with Crippen LogP contribution < -0.4 is 5.56 Å². The lowest BCUT2D eigenvalue weighted by atomic mass is 10.2. The Morgan fingerprint density at radius 3 is 2.95 bits per heavy atom. The van der Waals surface area contributed by atoms with Gasteiger partial charge in [0.1, 0.15) is 11.6 Å². The van der Waals surface area contributed by atoms with Gasteiger partial charge in [-0.1, -0.05) is 11.6 Å². The molecule has 0 N–H and O–H groups in total. The molecule has 3 rings (SSSR count). The Bertz CT molecular complexity index is 791. The fourth-order valence-corrected chi connectivity index (χ4v) is 2.22. The number of furan rings is 1. The van der Waals surface area contributed by atoms with Gasteiger partial charge in [0.25, 0.3) is 5.56 Å². The van der Waals surface area contributed by atoms with Crippen LogP contribution >= 0.6 is 11.6 Å². The van der Waals surface area contributed by atoms with Crippen molar-refractivity contribution in [3.05, 3.63) is 63.6 Å². The predicted octanol–water partition coefficient (Wildman–Crippen LogP) is 3.00. The summed E-state index contributed by atoms with van der Waals surface area (Å²) in [4.78, 5) is 16.8. The highest BCUT2D eigenvalue weighted by molar-refractivity contribution is 6.31. The molecule has 0 unspecified atom stereocenters. The highest BCUT2D eigenvalue weighted by Gasteiger charge is 2.09. The lowest BCUT2D eigenvalue weighted by molar-refractivity contribution is 0.485. The first-order valence-corrected chi connectivity index (χ1v) is 6.22. The van der Waals surface area contributed by atoms with Crippen molar-refractivity contribution in [3.63, 3.8) is 0 Å². The molecule has 0 saturated carbocycles. The molecule has 2 aromatic heterocycles. The van der Waals surface area contributed by atoms with Crippen LogP contribution in [0.4, 0.5) is 0 Å². The monoisotopic (exact) mass is 274 g/mol. The minimum atomic E-state index is -0.0874. The summed E-state index contributed by atoms with van der Waals surface area (Å²) >= 11 is 5.91. The summed E-state index contributed by atoms with van der Waals surface area (Å²) in [6.07, 6.45) is 1.59. The second kappa shape index (κ2) is 4.55. The lowest BCUT2D eigenvalue weighted by Crippen LogP contribution is -2.24. The predicted molar refractivity (Wildman–Crippen MR) is 73.6 cm³/mol. The van der Waals surface area contributed by atoms with Gasteiger partial charge in [-0.05, 0) is 37.3 Å². The maximum Gasteiger partial charge on any atom is 0.261 e. The van der Waals surface area contributed by atoms with Crippen LogP contribution in [0.5, 0.6) is 0 Å². The Hall–Kier alpha value is -2.07. The molecule has 0 saturated heterocycles. The Balaban J connectivity index is 2.20. The van der Waals surface area contributed by atoms with E-state index in [0.717, 1.165) is 5.76 Å². The second-order valence-corrected chi connectivity index (χ2v) is 4.73. The van der Waals surface area contributed by atoms with Crippen LogP contribution in [0.1, 0.15) is 11.6 Å². The summed E-state index contributed by atoms with van der Waals surface area (Å²) in [5.74, 6) is 1.36. The number of nitrogens with zero attached hydrogens (tertiary/aromatic N) is 2. The zero-order chi connectivity index (χ0) is 13.4. The van der Waals surface area contributed by atoms with E-state index in [4.69, 9.17) is 16.0 Å². The number of rotatable bonds is 2. The SMILES string of the molecule is Cc1nc2cc(Cl)ccc2c(=O)n1Cc1ccco1. The molecule has 1 aromatic carbocycles. The van der Waals surface area contributed by atoms with Gasteiger partial charge in [-0.2, -0.15) is 0 Å². The topological polar surface area (TPSA) is 48.0 Å². The van der Waals surface area contributed by atoms with E-state index >= 15 is 0 Å². The summed E-state index contributed by atoms with van der Waals surface area (Å²) in [6, 6.07) is 8.72. The normalized spacial score (nSPS) is 11.1. The van der Waals surface area contributed by atoms with Gasteiger partial charge < -0.3 is 4.42 Å². The maximum absolute atomic E-state index is 12.4. The zero-order valence-electron chi connectivity index (χ0n) is 10.3. The van der Waals surface area contributed by atoms with E-state index in [-0.39, 0.29) is 5.56 Å². The first kappa shape index (κ1) is 12.0. The number of benzene rings is 1. The third-order valence-corrected chi connectivity index (χ3v) is 3.24. The van der Waals surface area contributed by atoms with Crippen LogP contribution in [0.3, 0.4) is 0 Å². The van der Waals surface area contributed by atoms with Crippen molar-refractivity contribution in [2.45, 2.75) is 13.5 Å². The molecule has 0 aliphatic rings. The van der Waals surface area contributed by atoms with Crippen LogP contribution in [0.2, 0.25) is 5.02 Å². The molecule has 0 radical (unpaired) electrons. The van der Waals surface area contributed by atoms with Crippen molar-refractivity contribution < 1.29 is 4.42 Å². The van der Waals surface area contributed by atoms with Crippen molar-refractivity contribution in [1.29, 1.82) is 0 Å². The third kappa shape index (κ3) is 2.15. The summed E-state index contributed by atoms with van der Waals surface area (Å²) in [6.45, 7) is 2.17. The fraction of sp³-hybridized carbons (Fsp3) is 0.143. The molecule has 4 nitrogen and oxygen atoms in total. The summed E-state index contributed by atoms with van der Waals surface area (Å²) < 4.78 is 6.86. The maximum atomic E-state index is 12.4. The van der Waals surface area contributed by atoms with Crippen molar-refractivity contribution >= 4 is 22.5 Å². The van der Waals surface area contributed by atoms with E-state index < -0.39 is 0 Å². The number of halogens is 1. The Labute approximate surface area is 114 Å². The van der Waals surface area contributed by atoms with E-state index in [9.17, 15) is 4.79 Å². The van der Waals surface area contributed by atoms with Gasteiger partial charge in [-0.3, -0.25) is 9.36 Å². The number of hydrogen-bond donors (Lipinski definition) is 0. The molecule has 19 heavy (non-hydrogen) atoms. The average molecular weight is 275 g/mol. The minimum absolute atomic E-state index is 0.0874. The van der Waals surface area contributed by atoms with Crippen molar-refractivity contribution in [1.82, 2.24) is 9.55 Å². The molecular formula is C14H11ClN2O2. The fourth-order valence-electron chi connectivity index (χ4n) is 2.05. The van der Waals surface area contributed by atoms with Gasteiger partial charge in [0, 0.05) is 5.02 Å². The van der Waals surface area contributed by atoms with Crippen molar-refractivity contribution in [2.75, 3.05) is 0 Å². The van der Waals surface area contributed by atoms with Gasteiger partial charge in [-0.15, -0.1) is 0 Å². The summed E-state index contributed by atoms with van der Waals surface area (Å²) in [7, 11) is 0. The summed E-state index contributed by atoms with van der Waals surface area (Å²) in [5, 5.41) is 1.13. The van der Waals surface area contributed by atoms with E-state index in [0.29, 0.717) is 28.3 Å². The largest absolute Gasteiger partial charge is 0.467 e. The quantitative estimate of drug-likeness (QED) is 0.722. The van der Waals surface area contributed by atoms with Crippen molar-refractivity contribution in [3.8, 4) is 0 Å². The third-order valence-electron chi connectivity index (χ3n) is 3.00. The lowest BCUT2D eigenvalue weighted by Gasteiger charge is -2.09. The molecule has 2 heterocycles. The smallest absolute Gasteiger partial charge is 0.261 e.